The van der Waals surface area contributed by atoms with Crippen LogP contribution in [0.4, 0.5) is 5.13 Å². The average Bonchev–Trinajstić information content (AvgIpc) is 3.34. The molecule has 0 aromatic carbocycles. The zero-order chi connectivity index (χ0) is 17.8. The average molecular weight is 371 g/mol. The minimum Gasteiger partial charge on any atom is -0.300 e. The Morgan fingerprint density at radius 2 is 1.81 bits per heavy atom. The Labute approximate surface area is 155 Å². The Morgan fingerprint density at radius 1 is 1.12 bits per heavy atom. The van der Waals surface area contributed by atoms with E-state index in [-0.39, 0.29) is 47.9 Å². The second-order valence-corrected chi connectivity index (χ2v) is 8.84. The Kier molecular flexibility index (Phi) is 3.74. The molecule has 2 fully saturated rings. The Hall–Kier alpha value is -2.02. The zero-order valence-corrected chi connectivity index (χ0v) is 15.3. The van der Waals surface area contributed by atoms with Crippen molar-refractivity contribution in [3.05, 3.63) is 22.7 Å². The Balaban J connectivity index is 1.26. The van der Waals surface area contributed by atoms with Crippen molar-refractivity contribution >= 4 is 34.2 Å². The lowest BCUT2D eigenvalue weighted by atomic mass is 9.85. The highest BCUT2D eigenvalue weighted by Crippen LogP contribution is 2.52. The third-order valence-electron chi connectivity index (χ3n) is 6.21. The van der Waals surface area contributed by atoms with E-state index < -0.39 is 0 Å². The third-order valence-corrected chi connectivity index (χ3v) is 7.28. The van der Waals surface area contributed by atoms with Crippen molar-refractivity contribution in [2.24, 2.45) is 23.7 Å². The van der Waals surface area contributed by atoms with Gasteiger partial charge in [-0.2, -0.15) is 0 Å². The Morgan fingerprint density at radius 3 is 2.54 bits per heavy atom. The van der Waals surface area contributed by atoms with Gasteiger partial charge in [-0.3, -0.25) is 19.3 Å². The second kappa shape index (κ2) is 6.01. The topological polar surface area (TPSA) is 79.4 Å². The van der Waals surface area contributed by atoms with E-state index in [9.17, 15) is 14.4 Å². The van der Waals surface area contributed by atoms with E-state index in [1.165, 1.54) is 29.1 Å². The maximum Gasteiger partial charge on any atom is 0.246 e. The van der Waals surface area contributed by atoms with Crippen molar-refractivity contribution in [1.29, 1.82) is 0 Å². The quantitative estimate of drug-likeness (QED) is 0.502. The molecule has 2 bridgehead atoms. The van der Waals surface area contributed by atoms with Gasteiger partial charge in [0.1, 0.15) is 6.54 Å². The van der Waals surface area contributed by atoms with Gasteiger partial charge in [0.2, 0.25) is 17.7 Å². The van der Waals surface area contributed by atoms with E-state index in [1.54, 1.807) is 0 Å². The fourth-order valence-electron chi connectivity index (χ4n) is 5.00. The molecule has 26 heavy (non-hydrogen) atoms. The van der Waals surface area contributed by atoms with E-state index in [0.29, 0.717) is 5.13 Å². The molecule has 136 valence electrons. The summed E-state index contributed by atoms with van der Waals surface area (Å²) in [4.78, 5) is 44.7. The number of hydrogen-bond donors (Lipinski definition) is 1. The number of rotatable bonds is 3. The monoisotopic (exact) mass is 371 g/mol. The molecule has 2 heterocycles. The van der Waals surface area contributed by atoms with Gasteiger partial charge in [0, 0.05) is 4.88 Å². The first-order chi connectivity index (χ1) is 12.6. The molecule has 4 atom stereocenters. The molecule has 5 rings (SSSR count). The summed E-state index contributed by atoms with van der Waals surface area (Å²) < 4.78 is 0. The molecule has 3 amide bonds. The smallest absolute Gasteiger partial charge is 0.246 e. The Bertz CT molecular complexity index is 776. The number of anilines is 1. The van der Waals surface area contributed by atoms with Crippen LogP contribution in [0.3, 0.4) is 0 Å². The molecule has 1 saturated carbocycles. The minimum atomic E-state index is -0.337. The number of fused-ring (bicyclic) bond motifs is 6. The molecule has 4 aliphatic rings. The van der Waals surface area contributed by atoms with Gasteiger partial charge in [-0.1, -0.05) is 18.6 Å². The number of carbonyl (C=O) groups is 3. The lowest BCUT2D eigenvalue weighted by Gasteiger charge is -2.16. The van der Waals surface area contributed by atoms with Gasteiger partial charge in [-0.05, 0) is 43.9 Å². The molecule has 1 N–H and O–H groups in total. The van der Waals surface area contributed by atoms with Crippen LogP contribution in [0.25, 0.3) is 0 Å². The summed E-state index contributed by atoms with van der Waals surface area (Å²) in [5.41, 5.74) is 1.09. The highest BCUT2D eigenvalue weighted by atomic mass is 32.1. The number of likely N-dealkylation sites (tertiary alicyclic amines) is 1. The normalized spacial score (nSPS) is 31.9. The number of hydrogen-bond acceptors (Lipinski definition) is 5. The number of imide groups is 1. The van der Waals surface area contributed by atoms with Crippen LogP contribution in [0, 0.1) is 23.7 Å². The van der Waals surface area contributed by atoms with E-state index in [1.807, 2.05) is 0 Å². The summed E-state index contributed by atoms with van der Waals surface area (Å²) in [7, 11) is 0. The highest BCUT2D eigenvalue weighted by molar-refractivity contribution is 7.15. The van der Waals surface area contributed by atoms with Crippen molar-refractivity contribution < 1.29 is 14.4 Å². The minimum absolute atomic E-state index is 0.170. The van der Waals surface area contributed by atoms with Crippen LogP contribution < -0.4 is 5.32 Å². The lowest BCUT2D eigenvalue weighted by Crippen LogP contribution is -2.39. The van der Waals surface area contributed by atoms with Gasteiger partial charge in [0.25, 0.3) is 0 Å². The fraction of sp³-hybridized carbons (Fsp3) is 0.579. The molecular formula is C19H21N3O3S. The molecule has 1 saturated heterocycles. The number of nitrogens with zero attached hydrogens (tertiary/aromatic N) is 2. The van der Waals surface area contributed by atoms with Crippen molar-refractivity contribution in [2.75, 3.05) is 11.9 Å². The predicted molar refractivity (Wildman–Crippen MR) is 96.4 cm³/mol. The number of allylic oxidation sites excluding steroid dienone is 2. The van der Waals surface area contributed by atoms with Gasteiger partial charge in [-0.15, -0.1) is 11.3 Å². The number of thiazole rings is 1. The van der Waals surface area contributed by atoms with Crippen LogP contribution in [-0.4, -0.2) is 34.2 Å². The number of amides is 3. The van der Waals surface area contributed by atoms with Crippen molar-refractivity contribution in [3.63, 3.8) is 0 Å². The second-order valence-electron chi connectivity index (χ2n) is 7.76. The van der Waals surface area contributed by atoms with Gasteiger partial charge >= 0.3 is 0 Å². The first kappa shape index (κ1) is 16.2. The van der Waals surface area contributed by atoms with Gasteiger partial charge in [-0.25, -0.2) is 4.98 Å². The van der Waals surface area contributed by atoms with Crippen LogP contribution in [0.2, 0.25) is 0 Å². The SMILES string of the molecule is O=C(CN1C(=O)[C@@H]2[C@H](C1=O)[C@H]1C=C[C@H]2C1)Nc1nc2c(s1)CCCCC2. The largest absolute Gasteiger partial charge is 0.300 e. The van der Waals surface area contributed by atoms with Crippen LogP contribution in [0.5, 0.6) is 0 Å². The maximum atomic E-state index is 12.7. The molecule has 1 aromatic heterocycles. The van der Waals surface area contributed by atoms with Gasteiger partial charge in [0.15, 0.2) is 5.13 Å². The highest BCUT2D eigenvalue weighted by Gasteiger charge is 2.59. The fourth-order valence-corrected chi connectivity index (χ4v) is 6.07. The van der Waals surface area contributed by atoms with Crippen molar-refractivity contribution in [1.82, 2.24) is 9.88 Å². The molecule has 3 aliphatic carbocycles. The van der Waals surface area contributed by atoms with Crippen molar-refractivity contribution in [2.45, 2.75) is 38.5 Å². The molecule has 0 radical (unpaired) electrons. The third kappa shape index (κ3) is 2.44. The molecule has 0 unspecified atom stereocenters. The van der Waals surface area contributed by atoms with Crippen molar-refractivity contribution in [3.8, 4) is 0 Å². The number of nitrogens with one attached hydrogen (secondary N) is 1. The summed E-state index contributed by atoms with van der Waals surface area (Å²) in [6.45, 7) is -0.200. The zero-order valence-electron chi connectivity index (χ0n) is 14.4. The maximum absolute atomic E-state index is 12.7. The number of aromatic nitrogens is 1. The van der Waals surface area contributed by atoms with Gasteiger partial charge < -0.3 is 5.32 Å². The number of carbonyl (C=O) groups excluding carboxylic acids is 3. The molecule has 1 aliphatic heterocycles. The standard InChI is InChI=1S/C19H21N3O3S/c23-14(21-19-20-12-4-2-1-3-5-13(12)26-19)9-22-17(24)15-10-6-7-11(8-10)16(15)18(22)25/h6-7,10-11,15-16H,1-5,8-9H2,(H,20,21,23)/t10-,11-,15-,16+/m0/s1. The van der Waals surface area contributed by atoms with Crippen LogP contribution >= 0.6 is 11.3 Å². The van der Waals surface area contributed by atoms with Gasteiger partial charge in [0.05, 0.1) is 17.5 Å². The van der Waals surface area contributed by atoms with E-state index in [2.05, 4.69) is 22.5 Å². The summed E-state index contributed by atoms with van der Waals surface area (Å²) in [6.07, 6.45) is 10.5. The summed E-state index contributed by atoms with van der Waals surface area (Å²) in [5.74, 6) is -0.851. The van der Waals surface area contributed by atoms with Crippen LogP contribution in [0.1, 0.15) is 36.3 Å². The van der Waals surface area contributed by atoms with Crippen LogP contribution in [-0.2, 0) is 27.2 Å². The van der Waals surface area contributed by atoms with E-state index in [0.717, 1.165) is 36.3 Å². The first-order valence-corrected chi connectivity index (χ1v) is 10.3. The summed E-state index contributed by atoms with van der Waals surface area (Å²) in [6, 6.07) is 0. The lowest BCUT2D eigenvalue weighted by molar-refractivity contribution is -0.143. The predicted octanol–water partition coefficient (Wildman–Crippen LogP) is 2.16. The number of aryl methyl sites for hydroxylation is 2. The van der Waals surface area contributed by atoms with E-state index >= 15 is 0 Å². The molecule has 7 heteroatoms. The molecular weight excluding hydrogens is 350 g/mol. The molecule has 0 spiro atoms. The summed E-state index contributed by atoms with van der Waals surface area (Å²) >= 11 is 1.52. The summed E-state index contributed by atoms with van der Waals surface area (Å²) in [5, 5.41) is 3.38. The molecule has 1 aromatic rings. The molecule has 6 nitrogen and oxygen atoms in total. The first-order valence-electron chi connectivity index (χ1n) is 9.44. The van der Waals surface area contributed by atoms with E-state index in [4.69, 9.17) is 0 Å². The van der Waals surface area contributed by atoms with Crippen LogP contribution in [0.15, 0.2) is 12.2 Å².